The van der Waals surface area contributed by atoms with Gasteiger partial charge in [0.15, 0.2) is 0 Å². The smallest absolute Gasteiger partial charge is 0.266 e. The standard InChI is InChI=1S/C15H15NO4S2/c1-20-11-5-2-4-10(8-11)9-12-14(19)16(15(21)22-12)7-3-6-13(17)18/h2,4-5,8-9H,3,6-7H2,1H3,(H,17,18)/p-1/b12-9-. The minimum atomic E-state index is -1.13. The number of hydrogen-bond donors (Lipinski definition) is 0. The first-order valence-electron chi connectivity index (χ1n) is 6.60. The number of thiocarbonyl (C=S) groups is 1. The summed E-state index contributed by atoms with van der Waals surface area (Å²) in [7, 11) is 1.58. The molecule has 1 fully saturated rings. The molecule has 0 atom stereocenters. The van der Waals surface area contributed by atoms with Crippen molar-refractivity contribution in [3.05, 3.63) is 34.7 Å². The summed E-state index contributed by atoms with van der Waals surface area (Å²) < 4.78 is 5.59. The number of aliphatic carboxylic acids is 1. The number of nitrogens with zero attached hydrogens (tertiary/aromatic N) is 1. The van der Waals surface area contributed by atoms with Crippen molar-refractivity contribution in [1.29, 1.82) is 0 Å². The van der Waals surface area contributed by atoms with E-state index >= 15 is 0 Å². The molecule has 22 heavy (non-hydrogen) atoms. The normalized spacial score (nSPS) is 16.4. The Kier molecular flexibility index (Phi) is 5.57. The first-order valence-corrected chi connectivity index (χ1v) is 7.83. The second-order valence-electron chi connectivity index (χ2n) is 4.59. The lowest BCUT2D eigenvalue weighted by atomic mass is 10.2. The molecule has 1 heterocycles. The van der Waals surface area contributed by atoms with Crippen LogP contribution in [0.1, 0.15) is 18.4 Å². The zero-order chi connectivity index (χ0) is 16.1. The van der Waals surface area contributed by atoms with Gasteiger partial charge in [0.25, 0.3) is 5.91 Å². The Morgan fingerprint density at radius 1 is 1.50 bits per heavy atom. The van der Waals surface area contributed by atoms with E-state index in [9.17, 15) is 14.7 Å². The molecule has 7 heteroatoms. The number of carbonyl (C=O) groups excluding carboxylic acids is 2. The molecule has 5 nitrogen and oxygen atoms in total. The molecule has 1 saturated heterocycles. The zero-order valence-electron chi connectivity index (χ0n) is 11.9. The van der Waals surface area contributed by atoms with Gasteiger partial charge in [-0.1, -0.05) is 36.1 Å². The molecule has 2 rings (SSSR count). The SMILES string of the molecule is COc1cccc(/C=C2\SC(=S)N(CCCC(=O)[O-])C2=O)c1. The quantitative estimate of drug-likeness (QED) is 0.578. The number of methoxy groups -OCH3 is 1. The third-order valence-corrected chi connectivity index (χ3v) is 4.41. The van der Waals surface area contributed by atoms with Gasteiger partial charge in [-0.3, -0.25) is 9.69 Å². The van der Waals surface area contributed by atoms with Crippen molar-refractivity contribution in [2.24, 2.45) is 0 Å². The number of thioether (sulfide) groups is 1. The molecule has 0 radical (unpaired) electrons. The van der Waals surface area contributed by atoms with Gasteiger partial charge >= 0.3 is 0 Å². The monoisotopic (exact) mass is 336 g/mol. The van der Waals surface area contributed by atoms with Crippen LogP contribution in [0.3, 0.4) is 0 Å². The molecule has 0 unspecified atom stereocenters. The summed E-state index contributed by atoms with van der Waals surface area (Å²) in [4.78, 5) is 24.7. The highest BCUT2D eigenvalue weighted by Gasteiger charge is 2.31. The molecule has 1 amide bonds. The number of ether oxygens (including phenoxy) is 1. The summed E-state index contributed by atoms with van der Waals surface area (Å²) in [6.45, 7) is 0.286. The van der Waals surface area contributed by atoms with Crippen molar-refractivity contribution in [3.8, 4) is 5.75 Å². The Balaban J connectivity index is 2.09. The molecule has 0 bridgehead atoms. The fourth-order valence-corrected chi connectivity index (χ4v) is 3.27. The Morgan fingerprint density at radius 2 is 2.27 bits per heavy atom. The summed E-state index contributed by atoms with van der Waals surface area (Å²) in [6, 6.07) is 7.35. The predicted octanol–water partition coefficient (Wildman–Crippen LogP) is 1.43. The lowest BCUT2D eigenvalue weighted by Gasteiger charge is -2.14. The molecule has 1 aromatic carbocycles. The summed E-state index contributed by atoms with van der Waals surface area (Å²) in [6.07, 6.45) is 1.98. The van der Waals surface area contributed by atoms with E-state index in [2.05, 4.69) is 0 Å². The highest BCUT2D eigenvalue weighted by Crippen LogP contribution is 2.33. The van der Waals surface area contributed by atoms with E-state index in [1.54, 1.807) is 13.2 Å². The molecular formula is C15H14NO4S2-. The summed E-state index contributed by atoms with van der Waals surface area (Å²) >= 11 is 6.39. The van der Waals surface area contributed by atoms with E-state index in [1.165, 1.54) is 16.7 Å². The Morgan fingerprint density at radius 3 is 2.95 bits per heavy atom. The van der Waals surface area contributed by atoms with Crippen LogP contribution in [0, 0.1) is 0 Å². The van der Waals surface area contributed by atoms with Crippen LogP contribution in [0.25, 0.3) is 6.08 Å². The van der Waals surface area contributed by atoms with Crippen LogP contribution in [0.4, 0.5) is 0 Å². The molecular weight excluding hydrogens is 322 g/mol. The van der Waals surface area contributed by atoms with Crippen molar-refractivity contribution in [3.63, 3.8) is 0 Å². The molecule has 0 spiro atoms. The largest absolute Gasteiger partial charge is 0.550 e. The maximum absolute atomic E-state index is 12.3. The highest BCUT2D eigenvalue weighted by molar-refractivity contribution is 8.26. The molecule has 0 aliphatic carbocycles. The number of carboxylic acids is 1. The number of hydrogen-bond acceptors (Lipinski definition) is 6. The Bertz CT molecular complexity index is 642. The van der Waals surface area contributed by atoms with Gasteiger partial charge in [-0.15, -0.1) is 0 Å². The molecule has 0 N–H and O–H groups in total. The van der Waals surface area contributed by atoms with Crippen molar-refractivity contribution in [1.82, 2.24) is 4.90 Å². The molecule has 0 aromatic heterocycles. The van der Waals surface area contributed by atoms with E-state index in [0.29, 0.717) is 21.4 Å². The minimum Gasteiger partial charge on any atom is -0.550 e. The van der Waals surface area contributed by atoms with Gasteiger partial charge in [0.2, 0.25) is 0 Å². The maximum atomic E-state index is 12.3. The van der Waals surface area contributed by atoms with Crippen molar-refractivity contribution in [2.45, 2.75) is 12.8 Å². The summed E-state index contributed by atoms with van der Waals surface area (Å²) in [5.74, 6) is -0.619. The van der Waals surface area contributed by atoms with Crippen LogP contribution in [-0.4, -0.2) is 34.8 Å². The third-order valence-electron chi connectivity index (χ3n) is 3.03. The number of carboxylic acid groups (broad SMARTS) is 1. The van der Waals surface area contributed by atoms with Crippen LogP contribution in [0.5, 0.6) is 5.75 Å². The second-order valence-corrected chi connectivity index (χ2v) is 6.26. The first-order chi connectivity index (χ1) is 10.5. The zero-order valence-corrected chi connectivity index (χ0v) is 13.5. The van der Waals surface area contributed by atoms with Gasteiger partial charge in [0, 0.05) is 12.5 Å². The van der Waals surface area contributed by atoms with Crippen LogP contribution < -0.4 is 9.84 Å². The number of rotatable bonds is 6. The van der Waals surface area contributed by atoms with E-state index in [0.717, 1.165) is 5.56 Å². The van der Waals surface area contributed by atoms with E-state index in [-0.39, 0.29) is 18.9 Å². The van der Waals surface area contributed by atoms with E-state index in [4.69, 9.17) is 17.0 Å². The molecule has 1 aliphatic heterocycles. The number of benzene rings is 1. The molecule has 1 aliphatic rings. The summed E-state index contributed by atoms with van der Waals surface area (Å²) in [5.41, 5.74) is 0.842. The van der Waals surface area contributed by atoms with Gasteiger partial charge in [0.1, 0.15) is 10.1 Å². The van der Waals surface area contributed by atoms with E-state index in [1.807, 2.05) is 24.3 Å². The minimum absolute atomic E-state index is 0.0913. The van der Waals surface area contributed by atoms with Crippen LogP contribution >= 0.6 is 24.0 Å². The van der Waals surface area contributed by atoms with Gasteiger partial charge < -0.3 is 14.6 Å². The number of amides is 1. The predicted molar refractivity (Wildman–Crippen MR) is 87.1 cm³/mol. The van der Waals surface area contributed by atoms with Crippen LogP contribution in [-0.2, 0) is 9.59 Å². The van der Waals surface area contributed by atoms with Gasteiger partial charge in [-0.2, -0.15) is 0 Å². The third kappa shape index (κ3) is 4.08. The molecule has 116 valence electrons. The molecule has 1 aromatic rings. The summed E-state index contributed by atoms with van der Waals surface area (Å²) in [5, 5.41) is 10.4. The van der Waals surface area contributed by atoms with Crippen LogP contribution in [0.2, 0.25) is 0 Å². The lowest BCUT2D eigenvalue weighted by molar-refractivity contribution is -0.305. The Labute approximate surface area is 137 Å². The van der Waals surface area contributed by atoms with Gasteiger partial charge in [0.05, 0.1) is 12.0 Å². The van der Waals surface area contributed by atoms with Gasteiger partial charge in [-0.25, -0.2) is 0 Å². The van der Waals surface area contributed by atoms with Gasteiger partial charge in [-0.05, 0) is 36.6 Å². The van der Waals surface area contributed by atoms with Crippen molar-refractivity contribution in [2.75, 3.05) is 13.7 Å². The van der Waals surface area contributed by atoms with Crippen LogP contribution in [0.15, 0.2) is 29.2 Å². The maximum Gasteiger partial charge on any atom is 0.266 e. The first kappa shape index (κ1) is 16.5. The average Bonchev–Trinajstić information content (AvgIpc) is 2.74. The Hall–Kier alpha value is -1.86. The average molecular weight is 336 g/mol. The fraction of sp³-hybridized carbons (Fsp3) is 0.267. The number of carbonyl (C=O) groups is 2. The lowest BCUT2D eigenvalue weighted by Crippen LogP contribution is -2.30. The molecule has 0 saturated carbocycles. The second kappa shape index (κ2) is 7.42. The fourth-order valence-electron chi connectivity index (χ4n) is 1.96. The van der Waals surface area contributed by atoms with Crippen molar-refractivity contribution >= 4 is 46.3 Å². The van der Waals surface area contributed by atoms with Crippen molar-refractivity contribution < 1.29 is 19.4 Å². The van der Waals surface area contributed by atoms with E-state index < -0.39 is 5.97 Å². The highest BCUT2D eigenvalue weighted by atomic mass is 32.2. The topological polar surface area (TPSA) is 69.7 Å².